The van der Waals surface area contributed by atoms with E-state index in [-0.39, 0.29) is 5.91 Å². The number of hydrogen-bond acceptors (Lipinski definition) is 3. The Hall–Kier alpha value is -2.11. The molecule has 2 aromatic rings. The Morgan fingerprint density at radius 2 is 1.79 bits per heavy atom. The van der Waals surface area contributed by atoms with Crippen LogP contribution in [-0.4, -0.2) is 32.2 Å². The lowest BCUT2D eigenvalue weighted by molar-refractivity contribution is -0.111. The molecule has 3 rings (SSSR count). The topological polar surface area (TPSA) is 41.6 Å². The highest BCUT2D eigenvalue weighted by Gasteiger charge is 2.15. The number of carbonyl (C=O) groups excluding carboxylic acids is 1. The molecular formula is C19H19BrN2O2. The highest BCUT2D eigenvalue weighted by Crippen LogP contribution is 2.26. The van der Waals surface area contributed by atoms with E-state index in [1.165, 1.54) is 0 Å². The van der Waals surface area contributed by atoms with E-state index < -0.39 is 0 Å². The smallest absolute Gasteiger partial charge is 0.248 e. The maximum absolute atomic E-state index is 12.3. The van der Waals surface area contributed by atoms with Crippen LogP contribution in [0, 0.1) is 0 Å². The third-order valence-corrected chi connectivity index (χ3v) is 4.56. The number of carbonyl (C=O) groups is 1. The van der Waals surface area contributed by atoms with Crippen LogP contribution in [0.5, 0.6) is 0 Å². The number of morpholine rings is 1. The quantitative estimate of drug-likeness (QED) is 0.809. The summed E-state index contributed by atoms with van der Waals surface area (Å²) in [5.41, 5.74) is 2.82. The maximum atomic E-state index is 12.3. The zero-order chi connectivity index (χ0) is 16.8. The molecule has 0 radical (unpaired) electrons. The van der Waals surface area contributed by atoms with Gasteiger partial charge in [-0.2, -0.15) is 0 Å². The molecule has 4 nitrogen and oxygen atoms in total. The molecule has 1 amide bonds. The Balaban J connectivity index is 1.71. The lowest BCUT2D eigenvalue weighted by Gasteiger charge is -2.30. The van der Waals surface area contributed by atoms with Crippen molar-refractivity contribution in [1.82, 2.24) is 0 Å². The van der Waals surface area contributed by atoms with Crippen LogP contribution in [0.3, 0.4) is 0 Å². The van der Waals surface area contributed by atoms with Crippen molar-refractivity contribution >= 4 is 39.3 Å². The monoisotopic (exact) mass is 386 g/mol. The average molecular weight is 387 g/mol. The lowest BCUT2D eigenvalue weighted by Crippen LogP contribution is -2.36. The van der Waals surface area contributed by atoms with Crippen molar-refractivity contribution in [2.24, 2.45) is 0 Å². The molecule has 0 saturated carbocycles. The molecule has 0 atom stereocenters. The van der Waals surface area contributed by atoms with Gasteiger partial charge in [0.1, 0.15) is 0 Å². The summed E-state index contributed by atoms with van der Waals surface area (Å²) in [6.07, 6.45) is 3.35. The Morgan fingerprint density at radius 3 is 2.58 bits per heavy atom. The number of amides is 1. The van der Waals surface area contributed by atoms with E-state index in [0.29, 0.717) is 13.2 Å². The number of rotatable bonds is 4. The molecule has 1 aliphatic heterocycles. The van der Waals surface area contributed by atoms with E-state index in [4.69, 9.17) is 4.74 Å². The molecule has 1 saturated heterocycles. The first-order chi connectivity index (χ1) is 11.7. The predicted octanol–water partition coefficient (Wildman–Crippen LogP) is 3.94. The SMILES string of the molecule is O=C(/C=C/c1ccccc1Br)Nc1ccccc1N1CCOCC1. The Bertz CT molecular complexity index is 740. The van der Waals surface area contributed by atoms with Gasteiger partial charge in [-0.05, 0) is 29.8 Å². The third kappa shape index (κ3) is 4.24. The fourth-order valence-corrected chi connectivity index (χ4v) is 3.03. The minimum absolute atomic E-state index is 0.147. The Labute approximate surface area is 150 Å². The highest BCUT2D eigenvalue weighted by atomic mass is 79.9. The van der Waals surface area contributed by atoms with Crippen molar-refractivity contribution in [3.05, 3.63) is 64.6 Å². The summed E-state index contributed by atoms with van der Waals surface area (Å²) in [4.78, 5) is 14.5. The van der Waals surface area contributed by atoms with E-state index in [0.717, 1.165) is 34.5 Å². The zero-order valence-electron chi connectivity index (χ0n) is 13.2. The van der Waals surface area contributed by atoms with E-state index in [1.807, 2.05) is 48.5 Å². The van der Waals surface area contributed by atoms with Crippen LogP contribution in [0.2, 0.25) is 0 Å². The van der Waals surface area contributed by atoms with Crippen LogP contribution in [0.4, 0.5) is 11.4 Å². The molecule has 0 bridgehead atoms. The van der Waals surface area contributed by atoms with Crippen LogP contribution in [0.1, 0.15) is 5.56 Å². The van der Waals surface area contributed by atoms with Crippen molar-refractivity contribution in [3.63, 3.8) is 0 Å². The molecule has 2 aromatic carbocycles. The molecule has 1 fully saturated rings. The molecular weight excluding hydrogens is 368 g/mol. The second-order valence-electron chi connectivity index (χ2n) is 5.46. The van der Waals surface area contributed by atoms with Crippen molar-refractivity contribution in [2.45, 2.75) is 0 Å². The van der Waals surface area contributed by atoms with Gasteiger partial charge in [-0.15, -0.1) is 0 Å². The molecule has 0 aliphatic carbocycles. The lowest BCUT2D eigenvalue weighted by atomic mass is 10.2. The Kier molecular flexibility index (Phi) is 5.67. The van der Waals surface area contributed by atoms with Gasteiger partial charge in [-0.3, -0.25) is 4.79 Å². The molecule has 24 heavy (non-hydrogen) atoms. The van der Waals surface area contributed by atoms with E-state index in [2.05, 4.69) is 26.1 Å². The zero-order valence-corrected chi connectivity index (χ0v) is 14.8. The number of anilines is 2. The molecule has 1 N–H and O–H groups in total. The molecule has 124 valence electrons. The van der Waals surface area contributed by atoms with E-state index >= 15 is 0 Å². The second-order valence-corrected chi connectivity index (χ2v) is 6.32. The number of halogens is 1. The molecule has 0 unspecified atom stereocenters. The van der Waals surface area contributed by atoms with Crippen LogP contribution < -0.4 is 10.2 Å². The van der Waals surface area contributed by atoms with Gasteiger partial charge in [-0.25, -0.2) is 0 Å². The van der Waals surface area contributed by atoms with Crippen molar-refractivity contribution in [2.75, 3.05) is 36.5 Å². The number of nitrogens with one attached hydrogen (secondary N) is 1. The number of ether oxygens (including phenoxy) is 1. The molecule has 1 aliphatic rings. The van der Waals surface area contributed by atoms with Crippen molar-refractivity contribution in [1.29, 1.82) is 0 Å². The fourth-order valence-electron chi connectivity index (χ4n) is 2.61. The molecule has 0 spiro atoms. The summed E-state index contributed by atoms with van der Waals surface area (Å²) in [7, 11) is 0. The van der Waals surface area contributed by atoms with E-state index in [1.54, 1.807) is 12.2 Å². The van der Waals surface area contributed by atoms with Gasteiger partial charge >= 0.3 is 0 Å². The number of hydrogen-bond donors (Lipinski definition) is 1. The minimum Gasteiger partial charge on any atom is -0.378 e. The maximum Gasteiger partial charge on any atom is 0.248 e. The van der Waals surface area contributed by atoms with Crippen LogP contribution in [0.15, 0.2) is 59.1 Å². The van der Waals surface area contributed by atoms with Crippen molar-refractivity contribution in [3.8, 4) is 0 Å². The normalized spacial score (nSPS) is 14.8. The molecule has 1 heterocycles. The first-order valence-corrected chi connectivity index (χ1v) is 8.68. The van der Waals surface area contributed by atoms with Gasteiger partial charge in [0.05, 0.1) is 24.6 Å². The highest BCUT2D eigenvalue weighted by molar-refractivity contribution is 9.10. The van der Waals surface area contributed by atoms with Gasteiger partial charge in [-0.1, -0.05) is 46.3 Å². The summed E-state index contributed by atoms with van der Waals surface area (Å²) >= 11 is 3.48. The fraction of sp³-hybridized carbons (Fsp3) is 0.211. The second kappa shape index (κ2) is 8.13. The minimum atomic E-state index is -0.147. The Morgan fingerprint density at radius 1 is 1.08 bits per heavy atom. The van der Waals surface area contributed by atoms with Gasteiger partial charge in [0.15, 0.2) is 0 Å². The summed E-state index contributed by atoms with van der Waals surface area (Å²) in [6, 6.07) is 15.7. The standard InChI is InChI=1S/C19H19BrN2O2/c20-16-6-2-1-5-15(16)9-10-19(23)21-17-7-3-4-8-18(17)22-11-13-24-14-12-22/h1-10H,11-14H2,(H,21,23)/b10-9+. The van der Waals surface area contributed by atoms with Crippen LogP contribution >= 0.6 is 15.9 Å². The number of benzene rings is 2. The first-order valence-electron chi connectivity index (χ1n) is 7.89. The summed E-state index contributed by atoms with van der Waals surface area (Å²) in [5, 5.41) is 2.97. The first kappa shape index (κ1) is 16.7. The largest absolute Gasteiger partial charge is 0.378 e. The summed E-state index contributed by atoms with van der Waals surface area (Å²) in [6.45, 7) is 3.09. The van der Waals surface area contributed by atoms with Crippen LogP contribution in [-0.2, 0) is 9.53 Å². The van der Waals surface area contributed by atoms with Gasteiger partial charge in [0.2, 0.25) is 5.91 Å². The summed E-state index contributed by atoms with van der Waals surface area (Å²) < 4.78 is 6.36. The number of para-hydroxylation sites is 2. The van der Waals surface area contributed by atoms with E-state index in [9.17, 15) is 4.79 Å². The third-order valence-electron chi connectivity index (χ3n) is 3.83. The van der Waals surface area contributed by atoms with Gasteiger partial charge in [0.25, 0.3) is 0 Å². The number of nitrogens with zero attached hydrogens (tertiary/aromatic N) is 1. The molecule has 5 heteroatoms. The molecule has 0 aromatic heterocycles. The predicted molar refractivity (Wildman–Crippen MR) is 101 cm³/mol. The van der Waals surface area contributed by atoms with Crippen molar-refractivity contribution < 1.29 is 9.53 Å². The average Bonchev–Trinajstić information content (AvgIpc) is 2.62. The van der Waals surface area contributed by atoms with Crippen LogP contribution in [0.25, 0.3) is 6.08 Å². The van der Waals surface area contributed by atoms with Gasteiger partial charge in [0, 0.05) is 23.6 Å². The summed E-state index contributed by atoms with van der Waals surface area (Å²) in [5.74, 6) is -0.147. The van der Waals surface area contributed by atoms with Gasteiger partial charge < -0.3 is 15.0 Å².